The van der Waals surface area contributed by atoms with E-state index in [1.807, 2.05) is 0 Å². The second-order valence-electron chi connectivity index (χ2n) is 4.63. The predicted molar refractivity (Wildman–Crippen MR) is 62.2 cm³/mol. The molecule has 82 valence electrons. The van der Waals surface area contributed by atoms with Crippen LogP contribution in [-0.2, 0) is 0 Å². The number of allylic oxidation sites excluding steroid dienone is 1. The van der Waals surface area contributed by atoms with Crippen molar-refractivity contribution in [2.24, 2.45) is 17.6 Å². The topological polar surface area (TPSA) is 38.0 Å². The van der Waals surface area contributed by atoms with Crippen LogP contribution in [0.5, 0.6) is 0 Å². The minimum atomic E-state index is 0.626. The number of rotatable bonds is 5. The first-order valence-corrected chi connectivity index (χ1v) is 5.82. The molecule has 1 aliphatic rings. The van der Waals surface area contributed by atoms with Crippen molar-refractivity contribution >= 4 is 0 Å². The van der Waals surface area contributed by atoms with E-state index in [9.17, 15) is 0 Å². The third-order valence-electron chi connectivity index (χ3n) is 3.18. The van der Waals surface area contributed by atoms with Gasteiger partial charge >= 0.3 is 0 Å². The molecule has 0 aromatic carbocycles. The summed E-state index contributed by atoms with van der Waals surface area (Å²) in [7, 11) is 0. The highest BCUT2D eigenvalue weighted by Crippen LogP contribution is 2.13. The first-order chi connectivity index (χ1) is 6.74. The van der Waals surface area contributed by atoms with Gasteiger partial charge in [-0.2, -0.15) is 0 Å². The molecule has 2 unspecified atom stereocenters. The molecule has 3 N–H and O–H groups in total. The second kappa shape index (κ2) is 6.20. The third kappa shape index (κ3) is 3.81. The predicted octanol–water partition coefficient (Wildman–Crippen LogP) is 1.92. The van der Waals surface area contributed by atoms with Crippen LogP contribution in [0.2, 0.25) is 0 Å². The van der Waals surface area contributed by atoms with E-state index in [1.54, 1.807) is 0 Å². The number of hydrogen-bond acceptors (Lipinski definition) is 2. The Bertz CT molecular complexity index is 175. The largest absolute Gasteiger partial charge is 0.330 e. The number of nitrogens with two attached hydrogens (primary N) is 1. The van der Waals surface area contributed by atoms with E-state index in [1.165, 1.54) is 19.3 Å². The Morgan fingerprint density at radius 2 is 2.21 bits per heavy atom. The molecular formula is C12H24N2. The van der Waals surface area contributed by atoms with E-state index in [4.69, 9.17) is 5.73 Å². The molecule has 0 saturated carbocycles. The summed E-state index contributed by atoms with van der Waals surface area (Å²) in [5, 5.41) is 3.62. The molecule has 0 bridgehead atoms. The Morgan fingerprint density at radius 1 is 1.43 bits per heavy atom. The minimum absolute atomic E-state index is 0.626. The van der Waals surface area contributed by atoms with Crippen LogP contribution in [0, 0.1) is 11.8 Å². The van der Waals surface area contributed by atoms with Crippen LogP contribution in [0.3, 0.4) is 0 Å². The lowest BCUT2D eigenvalue weighted by Gasteiger charge is -2.25. The summed E-state index contributed by atoms with van der Waals surface area (Å²) < 4.78 is 0. The van der Waals surface area contributed by atoms with Crippen molar-refractivity contribution in [1.82, 2.24) is 5.32 Å². The summed E-state index contributed by atoms with van der Waals surface area (Å²) in [6.07, 6.45) is 8.27. The first-order valence-electron chi connectivity index (χ1n) is 5.82. The van der Waals surface area contributed by atoms with Crippen LogP contribution >= 0.6 is 0 Å². The molecule has 0 amide bonds. The maximum absolute atomic E-state index is 5.74. The van der Waals surface area contributed by atoms with Crippen LogP contribution in [-0.4, -0.2) is 19.1 Å². The standard InChI is InChI=1S/C12H24N2/c1-10(2)11(8-13)9-14-12-6-4-3-5-7-12/h3-4,10-12,14H,5-9,13H2,1-2H3. The number of nitrogens with one attached hydrogen (secondary N) is 1. The third-order valence-corrected chi connectivity index (χ3v) is 3.18. The van der Waals surface area contributed by atoms with E-state index in [0.717, 1.165) is 13.1 Å². The summed E-state index contributed by atoms with van der Waals surface area (Å²) in [5.41, 5.74) is 5.74. The lowest BCUT2D eigenvalue weighted by Crippen LogP contribution is -2.38. The van der Waals surface area contributed by atoms with Crippen LogP contribution < -0.4 is 11.1 Å². The Kier molecular flexibility index (Phi) is 5.20. The van der Waals surface area contributed by atoms with Crippen molar-refractivity contribution in [1.29, 1.82) is 0 Å². The van der Waals surface area contributed by atoms with Gasteiger partial charge in [-0.05, 0) is 44.2 Å². The van der Waals surface area contributed by atoms with Crippen LogP contribution in [0.25, 0.3) is 0 Å². The van der Waals surface area contributed by atoms with Gasteiger partial charge in [0.05, 0.1) is 0 Å². The van der Waals surface area contributed by atoms with Gasteiger partial charge in [-0.15, -0.1) is 0 Å². The summed E-state index contributed by atoms with van der Waals surface area (Å²) in [4.78, 5) is 0. The van der Waals surface area contributed by atoms with Crippen molar-refractivity contribution in [2.75, 3.05) is 13.1 Å². The first kappa shape index (κ1) is 11.7. The Labute approximate surface area is 87.9 Å². The summed E-state index contributed by atoms with van der Waals surface area (Å²) in [5.74, 6) is 1.31. The zero-order valence-corrected chi connectivity index (χ0v) is 9.50. The molecule has 2 atom stereocenters. The maximum Gasteiger partial charge on any atom is 0.0105 e. The lowest BCUT2D eigenvalue weighted by atomic mass is 9.94. The fourth-order valence-corrected chi connectivity index (χ4v) is 1.89. The smallest absolute Gasteiger partial charge is 0.0105 e. The van der Waals surface area contributed by atoms with Gasteiger partial charge < -0.3 is 11.1 Å². The summed E-state index contributed by atoms with van der Waals surface area (Å²) >= 11 is 0. The Balaban J connectivity index is 2.20. The average Bonchev–Trinajstić information content (AvgIpc) is 2.20. The fraction of sp³-hybridized carbons (Fsp3) is 0.833. The van der Waals surface area contributed by atoms with Crippen molar-refractivity contribution in [3.63, 3.8) is 0 Å². The highest BCUT2D eigenvalue weighted by Gasteiger charge is 2.14. The highest BCUT2D eigenvalue weighted by molar-refractivity contribution is 4.93. The van der Waals surface area contributed by atoms with E-state index in [-0.39, 0.29) is 0 Å². The van der Waals surface area contributed by atoms with Gasteiger partial charge in [-0.25, -0.2) is 0 Å². The van der Waals surface area contributed by atoms with E-state index < -0.39 is 0 Å². The van der Waals surface area contributed by atoms with Crippen molar-refractivity contribution < 1.29 is 0 Å². The lowest BCUT2D eigenvalue weighted by molar-refractivity contribution is 0.341. The van der Waals surface area contributed by atoms with Crippen molar-refractivity contribution in [3.8, 4) is 0 Å². The molecule has 1 aliphatic carbocycles. The summed E-state index contributed by atoms with van der Waals surface area (Å²) in [6.45, 7) is 6.37. The Morgan fingerprint density at radius 3 is 2.71 bits per heavy atom. The van der Waals surface area contributed by atoms with Gasteiger partial charge in [0, 0.05) is 6.04 Å². The molecule has 14 heavy (non-hydrogen) atoms. The molecule has 0 heterocycles. The van der Waals surface area contributed by atoms with Gasteiger partial charge in [0.2, 0.25) is 0 Å². The molecule has 2 heteroatoms. The Hall–Kier alpha value is -0.340. The van der Waals surface area contributed by atoms with Gasteiger partial charge in [0.1, 0.15) is 0 Å². The normalized spacial score (nSPS) is 24.1. The number of hydrogen-bond donors (Lipinski definition) is 2. The highest BCUT2D eigenvalue weighted by atomic mass is 14.9. The molecule has 0 spiro atoms. The van der Waals surface area contributed by atoms with E-state index in [2.05, 4.69) is 31.3 Å². The van der Waals surface area contributed by atoms with Crippen molar-refractivity contribution in [3.05, 3.63) is 12.2 Å². The van der Waals surface area contributed by atoms with E-state index in [0.29, 0.717) is 17.9 Å². The van der Waals surface area contributed by atoms with Crippen LogP contribution in [0.15, 0.2) is 12.2 Å². The summed E-state index contributed by atoms with van der Waals surface area (Å²) in [6, 6.07) is 0.688. The molecule has 1 rings (SSSR count). The molecular weight excluding hydrogens is 172 g/mol. The average molecular weight is 196 g/mol. The van der Waals surface area contributed by atoms with Crippen LogP contribution in [0.4, 0.5) is 0 Å². The monoisotopic (exact) mass is 196 g/mol. The van der Waals surface area contributed by atoms with Crippen LogP contribution in [0.1, 0.15) is 33.1 Å². The van der Waals surface area contributed by atoms with E-state index >= 15 is 0 Å². The molecule has 0 saturated heterocycles. The zero-order valence-electron chi connectivity index (χ0n) is 9.50. The second-order valence-corrected chi connectivity index (χ2v) is 4.63. The maximum atomic E-state index is 5.74. The molecule has 0 aromatic rings. The van der Waals surface area contributed by atoms with Gasteiger partial charge in [0.15, 0.2) is 0 Å². The van der Waals surface area contributed by atoms with Gasteiger partial charge in [-0.3, -0.25) is 0 Å². The quantitative estimate of drug-likeness (QED) is 0.659. The van der Waals surface area contributed by atoms with Gasteiger partial charge in [0.25, 0.3) is 0 Å². The van der Waals surface area contributed by atoms with Crippen molar-refractivity contribution in [2.45, 2.75) is 39.2 Å². The molecule has 0 aliphatic heterocycles. The molecule has 0 radical (unpaired) electrons. The minimum Gasteiger partial charge on any atom is -0.330 e. The molecule has 0 aromatic heterocycles. The molecule has 0 fully saturated rings. The fourth-order valence-electron chi connectivity index (χ4n) is 1.89. The molecule has 2 nitrogen and oxygen atoms in total. The SMILES string of the molecule is CC(C)C(CN)CNC1CC=CCC1. The zero-order chi connectivity index (χ0) is 10.4. The van der Waals surface area contributed by atoms with Gasteiger partial charge in [-0.1, -0.05) is 26.0 Å².